The van der Waals surface area contributed by atoms with Gasteiger partial charge in [0, 0.05) is 32.1 Å². The summed E-state index contributed by atoms with van der Waals surface area (Å²) in [5, 5.41) is 0. The van der Waals surface area contributed by atoms with Gasteiger partial charge in [0.25, 0.3) is 0 Å². The van der Waals surface area contributed by atoms with E-state index in [9.17, 15) is 14.0 Å². The molecule has 0 radical (unpaired) electrons. The van der Waals surface area contributed by atoms with Crippen LogP contribution in [0.3, 0.4) is 0 Å². The van der Waals surface area contributed by atoms with E-state index in [-0.39, 0.29) is 42.2 Å². The molecule has 1 aromatic carbocycles. The first-order valence-corrected chi connectivity index (χ1v) is 9.39. The molecule has 2 atom stereocenters. The number of carbonyl (C=O) groups excluding carboxylic acids is 2. The molecule has 1 aromatic rings. The summed E-state index contributed by atoms with van der Waals surface area (Å²) in [6.45, 7) is 6.35. The van der Waals surface area contributed by atoms with Gasteiger partial charge < -0.3 is 14.5 Å². The fourth-order valence-corrected chi connectivity index (χ4v) is 3.91. The molecule has 26 heavy (non-hydrogen) atoms. The molecule has 0 bridgehead atoms. The number of piperidine rings is 1. The number of likely N-dealkylation sites (tertiary alicyclic amines) is 1. The summed E-state index contributed by atoms with van der Waals surface area (Å²) in [6, 6.07) is 6.37. The Bertz CT molecular complexity index is 648. The minimum absolute atomic E-state index is 0.0370. The summed E-state index contributed by atoms with van der Waals surface area (Å²) in [6.07, 6.45) is 1.53. The minimum atomic E-state index is -0.346. The van der Waals surface area contributed by atoms with Gasteiger partial charge in [-0.05, 0) is 38.3 Å². The molecule has 0 aliphatic carbocycles. The van der Waals surface area contributed by atoms with E-state index in [1.54, 1.807) is 23.1 Å². The van der Waals surface area contributed by atoms with Crippen LogP contribution in [0.15, 0.2) is 24.3 Å². The number of rotatable bonds is 3. The van der Waals surface area contributed by atoms with Gasteiger partial charge in [-0.3, -0.25) is 9.59 Å². The average Bonchev–Trinajstić information content (AvgIpc) is 2.62. The van der Waals surface area contributed by atoms with Crippen molar-refractivity contribution in [3.63, 3.8) is 0 Å². The first kappa shape index (κ1) is 18.8. The lowest BCUT2D eigenvalue weighted by molar-refractivity contribution is -0.150. The Kier molecular flexibility index (Phi) is 5.91. The SMILES string of the molecule is C[C@@H]1CN(C(=O)C2CCN(C(=O)Cc3ccccc3F)CC2)C[C@@H](C)O1. The van der Waals surface area contributed by atoms with Crippen LogP contribution in [-0.4, -0.2) is 60.0 Å². The number of hydrogen-bond acceptors (Lipinski definition) is 3. The molecule has 0 aromatic heterocycles. The second kappa shape index (κ2) is 8.16. The van der Waals surface area contributed by atoms with E-state index in [1.165, 1.54) is 6.07 Å². The highest BCUT2D eigenvalue weighted by Gasteiger charge is 2.33. The van der Waals surface area contributed by atoms with Crippen molar-refractivity contribution in [1.29, 1.82) is 0 Å². The van der Waals surface area contributed by atoms with E-state index in [4.69, 9.17) is 4.74 Å². The standard InChI is InChI=1S/C20H27FN2O3/c1-14-12-23(13-15(2)26-14)20(25)16-7-9-22(10-8-16)19(24)11-17-5-3-4-6-18(17)21/h3-6,14-16H,7-13H2,1-2H3/t14-,15-/m1/s1. The first-order chi connectivity index (χ1) is 12.4. The summed E-state index contributed by atoms with van der Waals surface area (Å²) in [7, 11) is 0. The van der Waals surface area contributed by atoms with Gasteiger partial charge in [-0.25, -0.2) is 4.39 Å². The van der Waals surface area contributed by atoms with Crippen molar-refractivity contribution in [1.82, 2.24) is 9.80 Å². The number of morpholine rings is 1. The summed E-state index contributed by atoms with van der Waals surface area (Å²) in [4.78, 5) is 28.9. The van der Waals surface area contributed by atoms with Crippen molar-refractivity contribution in [2.24, 2.45) is 5.92 Å². The topological polar surface area (TPSA) is 49.9 Å². The van der Waals surface area contributed by atoms with Crippen LogP contribution in [0.5, 0.6) is 0 Å². The molecule has 2 heterocycles. The van der Waals surface area contributed by atoms with Crippen LogP contribution in [0, 0.1) is 11.7 Å². The third-order valence-electron chi connectivity index (χ3n) is 5.23. The molecule has 0 unspecified atom stereocenters. The maximum atomic E-state index is 13.7. The van der Waals surface area contributed by atoms with E-state index >= 15 is 0 Å². The molecule has 0 spiro atoms. The number of nitrogens with zero attached hydrogens (tertiary/aromatic N) is 2. The van der Waals surface area contributed by atoms with Crippen LogP contribution in [0.25, 0.3) is 0 Å². The van der Waals surface area contributed by atoms with Crippen molar-refractivity contribution < 1.29 is 18.7 Å². The Balaban J connectivity index is 1.51. The largest absolute Gasteiger partial charge is 0.372 e. The van der Waals surface area contributed by atoms with Crippen molar-refractivity contribution in [3.05, 3.63) is 35.6 Å². The molecule has 0 N–H and O–H groups in total. The summed E-state index contributed by atoms with van der Waals surface area (Å²) in [5.41, 5.74) is 0.423. The maximum Gasteiger partial charge on any atom is 0.227 e. The Hall–Kier alpha value is -1.95. The van der Waals surface area contributed by atoms with Crippen molar-refractivity contribution in [2.75, 3.05) is 26.2 Å². The molecule has 2 amide bonds. The predicted molar refractivity (Wildman–Crippen MR) is 96.0 cm³/mol. The number of ether oxygens (including phenoxy) is 1. The van der Waals surface area contributed by atoms with E-state index < -0.39 is 0 Å². The fourth-order valence-electron chi connectivity index (χ4n) is 3.91. The Morgan fingerprint density at radius 3 is 2.31 bits per heavy atom. The van der Waals surface area contributed by atoms with Gasteiger partial charge in [0.2, 0.25) is 11.8 Å². The number of hydrogen-bond donors (Lipinski definition) is 0. The Labute approximate surface area is 154 Å². The fraction of sp³-hybridized carbons (Fsp3) is 0.600. The molecular weight excluding hydrogens is 335 g/mol. The molecule has 0 saturated carbocycles. The molecular formula is C20H27FN2O3. The zero-order valence-corrected chi connectivity index (χ0v) is 15.5. The van der Waals surface area contributed by atoms with Gasteiger partial charge in [-0.2, -0.15) is 0 Å². The van der Waals surface area contributed by atoms with E-state index in [0.717, 1.165) is 0 Å². The predicted octanol–water partition coefficient (Wildman–Crippen LogP) is 2.24. The van der Waals surface area contributed by atoms with Crippen molar-refractivity contribution in [2.45, 2.75) is 45.3 Å². The van der Waals surface area contributed by atoms with Crippen LogP contribution in [0.4, 0.5) is 4.39 Å². The quantitative estimate of drug-likeness (QED) is 0.829. The van der Waals surface area contributed by atoms with Crippen LogP contribution in [0.2, 0.25) is 0 Å². The third-order valence-corrected chi connectivity index (χ3v) is 5.23. The third kappa shape index (κ3) is 4.41. The van der Waals surface area contributed by atoms with Crippen molar-refractivity contribution >= 4 is 11.8 Å². The van der Waals surface area contributed by atoms with Gasteiger partial charge in [0.15, 0.2) is 0 Å². The highest BCUT2D eigenvalue weighted by atomic mass is 19.1. The normalized spacial score (nSPS) is 24.6. The van der Waals surface area contributed by atoms with Gasteiger partial charge in [0.05, 0.1) is 18.6 Å². The number of carbonyl (C=O) groups is 2. The summed E-state index contributed by atoms with van der Waals surface area (Å²) in [5.74, 6) is -0.283. The lowest BCUT2D eigenvalue weighted by Crippen LogP contribution is -2.51. The Morgan fingerprint density at radius 2 is 1.69 bits per heavy atom. The lowest BCUT2D eigenvalue weighted by Gasteiger charge is -2.39. The zero-order valence-electron chi connectivity index (χ0n) is 15.5. The highest BCUT2D eigenvalue weighted by molar-refractivity contribution is 5.81. The van der Waals surface area contributed by atoms with E-state index in [0.29, 0.717) is 44.6 Å². The highest BCUT2D eigenvalue weighted by Crippen LogP contribution is 2.23. The number of amides is 2. The molecule has 6 heteroatoms. The minimum Gasteiger partial charge on any atom is -0.372 e. The molecule has 5 nitrogen and oxygen atoms in total. The lowest BCUT2D eigenvalue weighted by atomic mass is 9.94. The first-order valence-electron chi connectivity index (χ1n) is 9.39. The average molecular weight is 362 g/mol. The molecule has 2 aliphatic rings. The van der Waals surface area contributed by atoms with Gasteiger partial charge in [0.1, 0.15) is 5.82 Å². The number of halogens is 1. The smallest absolute Gasteiger partial charge is 0.227 e. The summed E-state index contributed by atoms with van der Waals surface area (Å²) < 4.78 is 19.4. The van der Waals surface area contributed by atoms with E-state index in [1.807, 2.05) is 18.7 Å². The van der Waals surface area contributed by atoms with Gasteiger partial charge in [-0.15, -0.1) is 0 Å². The monoisotopic (exact) mass is 362 g/mol. The molecule has 3 rings (SSSR count). The van der Waals surface area contributed by atoms with Gasteiger partial charge in [-0.1, -0.05) is 18.2 Å². The second-order valence-corrected chi connectivity index (χ2v) is 7.42. The van der Waals surface area contributed by atoms with Crippen LogP contribution < -0.4 is 0 Å². The number of benzene rings is 1. The van der Waals surface area contributed by atoms with E-state index in [2.05, 4.69) is 0 Å². The summed E-state index contributed by atoms with van der Waals surface area (Å²) >= 11 is 0. The van der Waals surface area contributed by atoms with Crippen molar-refractivity contribution in [3.8, 4) is 0 Å². The molecule has 142 valence electrons. The zero-order chi connectivity index (χ0) is 18.7. The van der Waals surface area contributed by atoms with Crippen LogP contribution in [-0.2, 0) is 20.7 Å². The molecule has 2 aliphatic heterocycles. The maximum absolute atomic E-state index is 13.7. The second-order valence-electron chi connectivity index (χ2n) is 7.42. The van der Waals surface area contributed by atoms with Crippen LogP contribution >= 0.6 is 0 Å². The van der Waals surface area contributed by atoms with Gasteiger partial charge >= 0.3 is 0 Å². The molecule has 2 saturated heterocycles. The Morgan fingerprint density at radius 1 is 1.08 bits per heavy atom. The molecule has 2 fully saturated rings. The van der Waals surface area contributed by atoms with Crippen LogP contribution in [0.1, 0.15) is 32.3 Å².